The highest BCUT2D eigenvalue weighted by molar-refractivity contribution is 5.95. The molecule has 1 aliphatic heterocycles. The van der Waals surface area contributed by atoms with E-state index in [0.29, 0.717) is 5.69 Å². The molecule has 4 aromatic heterocycles. The number of anilines is 1. The molecule has 5 heterocycles. The molecule has 0 aromatic carbocycles. The summed E-state index contributed by atoms with van der Waals surface area (Å²) >= 11 is 0. The van der Waals surface area contributed by atoms with Crippen molar-refractivity contribution in [3.63, 3.8) is 0 Å². The second kappa shape index (κ2) is 11.9. The van der Waals surface area contributed by atoms with Crippen LogP contribution < -0.4 is 4.90 Å². The number of aryl methyl sites for hydroxylation is 2. The summed E-state index contributed by atoms with van der Waals surface area (Å²) in [5.74, 6) is -0.0242. The molecule has 0 saturated carbocycles. The van der Waals surface area contributed by atoms with Crippen LogP contribution in [0.3, 0.4) is 0 Å². The Hall–Kier alpha value is -3.92. The molecular weight excluding hydrogens is 514 g/mol. The third-order valence-electron chi connectivity index (χ3n) is 7.64. The quantitative estimate of drug-likeness (QED) is 0.279. The summed E-state index contributed by atoms with van der Waals surface area (Å²) in [7, 11) is 0. The number of likely N-dealkylation sites (N-methyl/N-ethyl adjacent to an activating group) is 1. The van der Waals surface area contributed by atoms with Gasteiger partial charge in [0.05, 0.1) is 35.0 Å². The van der Waals surface area contributed by atoms with Crippen molar-refractivity contribution in [3.8, 4) is 16.9 Å². The smallest absolute Gasteiger partial charge is 0.187 e. The molecule has 4 aromatic rings. The van der Waals surface area contributed by atoms with Crippen LogP contribution in [0.4, 0.5) is 5.69 Å². The summed E-state index contributed by atoms with van der Waals surface area (Å²) in [5.41, 5.74) is 6.56. The van der Waals surface area contributed by atoms with Gasteiger partial charge in [-0.3, -0.25) is 19.4 Å². The minimum Gasteiger partial charge on any atom is -0.368 e. The lowest BCUT2D eigenvalue weighted by Gasteiger charge is -2.35. The Bertz CT molecular complexity index is 1510. The highest BCUT2D eigenvalue weighted by Crippen LogP contribution is 2.25. The van der Waals surface area contributed by atoms with E-state index in [1.54, 1.807) is 10.9 Å². The molecular formula is C31H41N9O. The highest BCUT2D eigenvalue weighted by Gasteiger charge is 2.22. The van der Waals surface area contributed by atoms with Gasteiger partial charge in [0.25, 0.3) is 0 Å². The van der Waals surface area contributed by atoms with Crippen LogP contribution in [-0.4, -0.2) is 78.1 Å². The number of nitrogens with zero attached hydrogens (tertiary/aromatic N) is 9. The number of pyridine rings is 2. The van der Waals surface area contributed by atoms with E-state index in [0.717, 1.165) is 85.1 Å². The third-order valence-corrected chi connectivity index (χ3v) is 7.64. The van der Waals surface area contributed by atoms with E-state index in [9.17, 15) is 4.79 Å². The van der Waals surface area contributed by atoms with Crippen molar-refractivity contribution in [1.29, 1.82) is 0 Å². The molecule has 0 atom stereocenters. The Kier molecular flexibility index (Phi) is 8.30. The van der Waals surface area contributed by atoms with Crippen molar-refractivity contribution in [2.75, 3.05) is 37.6 Å². The highest BCUT2D eigenvalue weighted by atomic mass is 16.1. The molecule has 0 N–H and O–H groups in total. The maximum absolute atomic E-state index is 13.3. The summed E-state index contributed by atoms with van der Waals surface area (Å²) in [6.45, 7) is 17.8. The Balaban J connectivity index is 1.34. The van der Waals surface area contributed by atoms with Crippen LogP contribution in [0.25, 0.3) is 16.9 Å². The van der Waals surface area contributed by atoms with Crippen LogP contribution in [0.1, 0.15) is 68.5 Å². The molecule has 1 aliphatic rings. The summed E-state index contributed by atoms with van der Waals surface area (Å²) in [6, 6.07) is 6.04. The van der Waals surface area contributed by atoms with Crippen molar-refractivity contribution in [3.05, 3.63) is 65.6 Å². The van der Waals surface area contributed by atoms with E-state index in [4.69, 9.17) is 0 Å². The predicted octanol–water partition coefficient (Wildman–Crippen LogP) is 4.50. The van der Waals surface area contributed by atoms with Gasteiger partial charge in [-0.1, -0.05) is 25.5 Å². The van der Waals surface area contributed by atoms with Gasteiger partial charge in [-0.2, -0.15) is 5.10 Å². The topological polar surface area (TPSA) is 97.9 Å². The molecule has 10 heteroatoms. The number of ketones is 1. The number of hydrogen-bond acceptors (Lipinski definition) is 8. The second-order valence-corrected chi connectivity index (χ2v) is 11.8. The van der Waals surface area contributed by atoms with Crippen molar-refractivity contribution in [2.24, 2.45) is 0 Å². The molecule has 0 radical (unpaired) electrons. The molecule has 1 fully saturated rings. The molecule has 0 bridgehead atoms. The molecule has 1 saturated heterocycles. The summed E-state index contributed by atoms with van der Waals surface area (Å²) in [4.78, 5) is 27.2. The number of rotatable bonds is 9. The monoisotopic (exact) mass is 555 g/mol. The standard InChI is InChI=1S/C31H41N9O/c1-7-9-25-17-27(35-40(25)31(4,5)6)30(41)15-23-14-29(22(3)33-18-23)39-21-28(34-36-39)24-16-26(20-32-19-24)38-12-10-37(8-2)11-13-38/h14,16-21H,7-13,15H2,1-6H3. The van der Waals surface area contributed by atoms with Gasteiger partial charge < -0.3 is 9.80 Å². The third kappa shape index (κ3) is 6.37. The Morgan fingerprint density at radius 3 is 2.49 bits per heavy atom. The SMILES string of the molecule is CCCc1cc(C(=O)Cc2cnc(C)c(-n3cc(-c4cncc(N5CCN(CC)CC5)c4)nn3)c2)nn1C(C)(C)C. The van der Waals surface area contributed by atoms with Crippen LogP contribution in [0, 0.1) is 6.92 Å². The summed E-state index contributed by atoms with van der Waals surface area (Å²) in [5, 5.41) is 13.5. The van der Waals surface area contributed by atoms with Gasteiger partial charge in [0, 0.05) is 56.3 Å². The first-order valence-corrected chi connectivity index (χ1v) is 14.6. The van der Waals surface area contributed by atoms with E-state index in [1.165, 1.54) is 0 Å². The van der Waals surface area contributed by atoms with Gasteiger partial charge in [-0.15, -0.1) is 5.10 Å². The fourth-order valence-corrected chi connectivity index (χ4v) is 5.32. The zero-order valence-corrected chi connectivity index (χ0v) is 25.1. The average molecular weight is 556 g/mol. The van der Waals surface area contributed by atoms with E-state index < -0.39 is 0 Å². The number of Topliss-reactive ketones (excluding diaryl/α,β-unsaturated/α-hetero) is 1. The van der Waals surface area contributed by atoms with E-state index in [2.05, 4.69) is 75.9 Å². The molecule has 5 rings (SSSR count). The van der Waals surface area contributed by atoms with Crippen LogP contribution >= 0.6 is 0 Å². The zero-order chi connectivity index (χ0) is 29.1. The van der Waals surface area contributed by atoms with Gasteiger partial charge in [0.1, 0.15) is 11.4 Å². The lowest BCUT2D eigenvalue weighted by molar-refractivity contribution is 0.0986. The van der Waals surface area contributed by atoms with Gasteiger partial charge in [-0.25, -0.2) is 4.68 Å². The summed E-state index contributed by atoms with van der Waals surface area (Å²) < 4.78 is 3.71. The lowest BCUT2D eigenvalue weighted by Crippen LogP contribution is -2.46. The maximum Gasteiger partial charge on any atom is 0.187 e. The summed E-state index contributed by atoms with van der Waals surface area (Å²) in [6.07, 6.45) is 9.49. The molecule has 41 heavy (non-hydrogen) atoms. The molecule has 10 nitrogen and oxygen atoms in total. The maximum atomic E-state index is 13.3. The average Bonchev–Trinajstić information content (AvgIpc) is 3.63. The number of piperazine rings is 1. The van der Waals surface area contributed by atoms with Crippen molar-refractivity contribution < 1.29 is 4.79 Å². The van der Waals surface area contributed by atoms with Crippen LogP contribution in [0.15, 0.2) is 43.0 Å². The molecule has 0 unspecified atom stereocenters. The normalized spacial score (nSPS) is 14.5. The second-order valence-electron chi connectivity index (χ2n) is 11.8. The number of hydrogen-bond donors (Lipinski definition) is 0. The number of carbonyl (C=O) groups excluding carboxylic acids is 1. The van der Waals surface area contributed by atoms with Crippen molar-refractivity contribution in [2.45, 2.75) is 66.3 Å². The van der Waals surface area contributed by atoms with Gasteiger partial charge in [0.15, 0.2) is 5.78 Å². The zero-order valence-electron chi connectivity index (χ0n) is 25.1. The molecule has 0 spiro atoms. The van der Waals surface area contributed by atoms with Crippen LogP contribution in [-0.2, 0) is 18.4 Å². The Morgan fingerprint density at radius 1 is 1.00 bits per heavy atom. The largest absolute Gasteiger partial charge is 0.368 e. The lowest BCUT2D eigenvalue weighted by atomic mass is 10.1. The number of carbonyl (C=O) groups is 1. The van der Waals surface area contributed by atoms with E-state index in [1.807, 2.05) is 42.3 Å². The first kappa shape index (κ1) is 28.6. The minimum atomic E-state index is -0.189. The van der Waals surface area contributed by atoms with E-state index >= 15 is 0 Å². The van der Waals surface area contributed by atoms with Crippen molar-refractivity contribution in [1.82, 2.24) is 39.6 Å². The Morgan fingerprint density at radius 2 is 1.78 bits per heavy atom. The first-order valence-electron chi connectivity index (χ1n) is 14.6. The van der Waals surface area contributed by atoms with Gasteiger partial charge in [0.2, 0.25) is 0 Å². The fourth-order valence-electron chi connectivity index (χ4n) is 5.32. The van der Waals surface area contributed by atoms with Crippen LogP contribution in [0.5, 0.6) is 0 Å². The minimum absolute atomic E-state index is 0.0242. The molecule has 0 aliphatic carbocycles. The van der Waals surface area contributed by atoms with E-state index in [-0.39, 0.29) is 17.7 Å². The number of aromatic nitrogens is 7. The van der Waals surface area contributed by atoms with Crippen molar-refractivity contribution >= 4 is 11.5 Å². The molecule has 216 valence electrons. The molecule has 0 amide bonds. The fraction of sp³-hybridized carbons (Fsp3) is 0.484. The first-order chi connectivity index (χ1) is 19.7. The van der Waals surface area contributed by atoms with Gasteiger partial charge in [-0.05, 0) is 64.4 Å². The predicted molar refractivity (Wildman–Crippen MR) is 161 cm³/mol. The van der Waals surface area contributed by atoms with Gasteiger partial charge >= 0.3 is 0 Å². The Labute approximate surface area is 242 Å². The van der Waals surface area contributed by atoms with Crippen LogP contribution in [0.2, 0.25) is 0 Å².